The number of likely N-dealkylation sites (N-methyl/N-ethyl adjacent to an activating group) is 1. The molecule has 0 saturated heterocycles. The van der Waals surface area contributed by atoms with Gasteiger partial charge in [-0.05, 0) is 12.6 Å². The van der Waals surface area contributed by atoms with Crippen molar-refractivity contribution in [2.45, 2.75) is 6.92 Å². The van der Waals surface area contributed by atoms with Crippen molar-refractivity contribution in [3.8, 4) is 0 Å². The monoisotopic (exact) mass is 210 g/mol. The molecule has 15 heavy (non-hydrogen) atoms. The number of anilines is 1. The fraction of sp³-hybridized carbons (Fsp3) is 0.444. The quantitative estimate of drug-likeness (QED) is 0.416. The van der Waals surface area contributed by atoms with Gasteiger partial charge in [-0.15, -0.1) is 0 Å². The highest BCUT2D eigenvalue weighted by Gasteiger charge is 2.12. The van der Waals surface area contributed by atoms with Gasteiger partial charge in [0.2, 0.25) is 5.82 Å². The molecule has 0 fully saturated rings. The van der Waals surface area contributed by atoms with E-state index < -0.39 is 4.92 Å². The molecule has 0 unspecified atom stereocenters. The van der Waals surface area contributed by atoms with Crippen LogP contribution in [0.25, 0.3) is 0 Å². The lowest BCUT2D eigenvalue weighted by atomic mass is 10.4. The average molecular weight is 210 g/mol. The number of nitro groups is 1. The van der Waals surface area contributed by atoms with E-state index in [1.54, 1.807) is 6.07 Å². The van der Waals surface area contributed by atoms with Crippen molar-refractivity contribution in [1.29, 1.82) is 0 Å². The van der Waals surface area contributed by atoms with Crippen LogP contribution in [0.5, 0.6) is 0 Å². The molecular weight excluding hydrogens is 196 g/mol. The molecule has 0 amide bonds. The van der Waals surface area contributed by atoms with Crippen molar-refractivity contribution < 1.29 is 4.92 Å². The van der Waals surface area contributed by atoms with Crippen LogP contribution in [0, 0.1) is 10.1 Å². The van der Waals surface area contributed by atoms with E-state index in [4.69, 9.17) is 0 Å². The van der Waals surface area contributed by atoms with Gasteiger partial charge in [-0.1, -0.05) is 6.92 Å². The molecule has 0 radical (unpaired) electrons. The fourth-order valence-electron chi connectivity index (χ4n) is 1.13. The first-order chi connectivity index (χ1) is 7.25. The summed E-state index contributed by atoms with van der Waals surface area (Å²) in [7, 11) is 0. The van der Waals surface area contributed by atoms with Crippen LogP contribution in [0.15, 0.2) is 18.3 Å². The Balaban J connectivity index is 2.56. The number of hydrogen-bond donors (Lipinski definition) is 2. The summed E-state index contributed by atoms with van der Waals surface area (Å²) in [6, 6.07) is 2.98. The van der Waals surface area contributed by atoms with Crippen molar-refractivity contribution in [1.82, 2.24) is 10.3 Å². The third kappa shape index (κ3) is 3.51. The van der Waals surface area contributed by atoms with E-state index in [9.17, 15) is 10.1 Å². The zero-order valence-corrected chi connectivity index (χ0v) is 8.56. The van der Waals surface area contributed by atoms with Gasteiger partial charge in [0.1, 0.15) is 0 Å². The lowest BCUT2D eigenvalue weighted by molar-refractivity contribution is -0.384. The highest BCUT2D eigenvalue weighted by Crippen LogP contribution is 2.19. The van der Waals surface area contributed by atoms with Crippen LogP contribution in [-0.4, -0.2) is 29.5 Å². The molecule has 0 atom stereocenters. The number of rotatable bonds is 6. The highest BCUT2D eigenvalue weighted by atomic mass is 16.6. The lowest BCUT2D eigenvalue weighted by Crippen LogP contribution is -2.22. The van der Waals surface area contributed by atoms with E-state index in [0.29, 0.717) is 12.4 Å². The third-order valence-corrected chi connectivity index (χ3v) is 1.83. The molecule has 1 aromatic heterocycles. The van der Waals surface area contributed by atoms with E-state index >= 15 is 0 Å². The van der Waals surface area contributed by atoms with Crippen LogP contribution in [0.1, 0.15) is 6.92 Å². The van der Waals surface area contributed by atoms with Crippen LogP contribution in [0.2, 0.25) is 0 Å². The van der Waals surface area contributed by atoms with E-state index in [0.717, 1.165) is 13.1 Å². The van der Waals surface area contributed by atoms with Gasteiger partial charge in [-0.2, -0.15) is 0 Å². The summed E-state index contributed by atoms with van der Waals surface area (Å²) in [5.41, 5.74) is 0.00833. The van der Waals surface area contributed by atoms with Crippen molar-refractivity contribution in [2.24, 2.45) is 0 Å². The summed E-state index contributed by atoms with van der Waals surface area (Å²) in [5.74, 6) is 0.320. The molecule has 1 rings (SSSR count). The molecule has 0 spiro atoms. The van der Waals surface area contributed by atoms with Gasteiger partial charge >= 0.3 is 5.69 Å². The van der Waals surface area contributed by atoms with E-state index in [1.165, 1.54) is 12.3 Å². The topological polar surface area (TPSA) is 80.1 Å². The average Bonchev–Trinajstić information content (AvgIpc) is 2.25. The first-order valence-corrected chi connectivity index (χ1v) is 4.79. The SMILES string of the molecule is CCNCCNc1ncccc1[N+](=O)[O-]. The molecule has 1 heterocycles. The maximum Gasteiger partial charge on any atom is 0.311 e. The van der Waals surface area contributed by atoms with Crippen LogP contribution in [-0.2, 0) is 0 Å². The Morgan fingerprint density at radius 3 is 3.00 bits per heavy atom. The summed E-state index contributed by atoms with van der Waals surface area (Å²) in [6.07, 6.45) is 1.53. The Morgan fingerprint density at radius 1 is 1.53 bits per heavy atom. The summed E-state index contributed by atoms with van der Waals surface area (Å²) in [6.45, 7) is 4.26. The van der Waals surface area contributed by atoms with Crippen LogP contribution < -0.4 is 10.6 Å². The molecular formula is C9H14N4O2. The number of hydrogen-bond acceptors (Lipinski definition) is 5. The Hall–Kier alpha value is -1.69. The normalized spacial score (nSPS) is 9.93. The predicted molar refractivity (Wildman–Crippen MR) is 57.9 cm³/mol. The predicted octanol–water partition coefficient (Wildman–Crippen LogP) is 1.01. The van der Waals surface area contributed by atoms with Crippen molar-refractivity contribution >= 4 is 11.5 Å². The number of nitrogens with one attached hydrogen (secondary N) is 2. The zero-order chi connectivity index (χ0) is 11.1. The van der Waals surface area contributed by atoms with Gasteiger partial charge in [-0.25, -0.2) is 4.98 Å². The van der Waals surface area contributed by atoms with Gasteiger partial charge in [0, 0.05) is 25.4 Å². The van der Waals surface area contributed by atoms with Gasteiger partial charge in [0.15, 0.2) is 0 Å². The first kappa shape index (κ1) is 11.4. The minimum absolute atomic E-state index is 0.00833. The minimum atomic E-state index is -0.442. The summed E-state index contributed by atoms with van der Waals surface area (Å²) in [5, 5.41) is 16.6. The van der Waals surface area contributed by atoms with E-state index in [-0.39, 0.29) is 5.69 Å². The molecule has 0 aliphatic rings. The molecule has 0 bridgehead atoms. The Morgan fingerprint density at radius 2 is 2.33 bits per heavy atom. The lowest BCUT2D eigenvalue weighted by Gasteiger charge is -2.05. The van der Waals surface area contributed by atoms with E-state index in [2.05, 4.69) is 15.6 Å². The zero-order valence-electron chi connectivity index (χ0n) is 8.56. The standard InChI is InChI=1S/C9H14N4O2/c1-2-10-6-7-12-9-8(13(14)15)4-3-5-11-9/h3-5,10H,2,6-7H2,1H3,(H,11,12). The Labute approximate surface area is 87.9 Å². The fourth-order valence-corrected chi connectivity index (χ4v) is 1.13. The molecule has 6 nitrogen and oxygen atoms in total. The maximum atomic E-state index is 10.6. The second-order valence-electron chi connectivity index (χ2n) is 2.91. The summed E-state index contributed by atoms with van der Waals surface area (Å²) < 4.78 is 0. The largest absolute Gasteiger partial charge is 0.363 e. The van der Waals surface area contributed by atoms with Gasteiger partial charge < -0.3 is 10.6 Å². The van der Waals surface area contributed by atoms with Gasteiger partial charge in [-0.3, -0.25) is 10.1 Å². The highest BCUT2D eigenvalue weighted by molar-refractivity contribution is 5.54. The minimum Gasteiger partial charge on any atom is -0.363 e. The summed E-state index contributed by atoms with van der Waals surface area (Å²) >= 11 is 0. The second kappa shape index (κ2) is 5.92. The Kier molecular flexibility index (Phi) is 4.49. The molecule has 1 aromatic rings. The smallest absolute Gasteiger partial charge is 0.311 e. The van der Waals surface area contributed by atoms with Crippen molar-refractivity contribution in [3.05, 3.63) is 28.4 Å². The molecule has 0 aromatic carbocycles. The van der Waals surface area contributed by atoms with Gasteiger partial charge in [0.05, 0.1) is 4.92 Å². The third-order valence-electron chi connectivity index (χ3n) is 1.83. The van der Waals surface area contributed by atoms with Crippen LogP contribution >= 0.6 is 0 Å². The first-order valence-electron chi connectivity index (χ1n) is 4.79. The molecule has 2 N–H and O–H groups in total. The molecule has 0 aliphatic heterocycles. The number of pyridine rings is 1. The van der Waals surface area contributed by atoms with E-state index in [1.807, 2.05) is 6.92 Å². The molecule has 0 aliphatic carbocycles. The number of nitrogens with zero attached hydrogens (tertiary/aromatic N) is 2. The molecule has 0 saturated carbocycles. The summed E-state index contributed by atoms with van der Waals surface area (Å²) in [4.78, 5) is 14.1. The van der Waals surface area contributed by atoms with Gasteiger partial charge in [0.25, 0.3) is 0 Å². The second-order valence-corrected chi connectivity index (χ2v) is 2.91. The molecule has 6 heteroatoms. The van der Waals surface area contributed by atoms with Crippen molar-refractivity contribution in [2.75, 3.05) is 25.0 Å². The molecule has 82 valence electrons. The van der Waals surface area contributed by atoms with Crippen molar-refractivity contribution in [3.63, 3.8) is 0 Å². The Bertz CT molecular complexity index is 330. The number of aromatic nitrogens is 1. The van der Waals surface area contributed by atoms with Crippen LogP contribution in [0.4, 0.5) is 11.5 Å². The van der Waals surface area contributed by atoms with Crippen LogP contribution in [0.3, 0.4) is 0 Å². The maximum absolute atomic E-state index is 10.6.